The van der Waals surface area contributed by atoms with Crippen molar-refractivity contribution in [2.45, 2.75) is 19.1 Å². The summed E-state index contributed by atoms with van der Waals surface area (Å²) < 4.78 is 24.7. The van der Waals surface area contributed by atoms with Gasteiger partial charge in [-0.05, 0) is 17.7 Å². The topological polar surface area (TPSA) is 51.4 Å². The SMILES string of the molecule is Fc1ccc(Cc2cnc([C@H]3CN(Cc4cscn4)CCO3)o2)cc1. The van der Waals surface area contributed by atoms with E-state index in [0.717, 1.165) is 36.7 Å². The molecular weight excluding hydrogens is 341 g/mol. The molecule has 0 N–H and O–H groups in total. The molecule has 0 radical (unpaired) electrons. The fourth-order valence-electron chi connectivity index (χ4n) is 2.90. The molecule has 2 aromatic heterocycles. The number of halogens is 1. The van der Waals surface area contributed by atoms with Crippen molar-refractivity contribution in [3.05, 3.63) is 70.1 Å². The predicted molar refractivity (Wildman–Crippen MR) is 91.8 cm³/mol. The van der Waals surface area contributed by atoms with Gasteiger partial charge in [-0.15, -0.1) is 11.3 Å². The van der Waals surface area contributed by atoms with Crippen LogP contribution in [-0.2, 0) is 17.7 Å². The van der Waals surface area contributed by atoms with Gasteiger partial charge in [-0.2, -0.15) is 0 Å². The number of nitrogens with zero attached hydrogens (tertiary/aromatic N) is 3. The molecule has 130 valence electrons. The highest BCUT2D eigenvalue weighted by Crippen LogP contribution is 2.24. The predicted octanol–water partition coefficient (Wildman–Crippen LogP) is 3.43. The Hall–Kier alpha value is -2.09. The average Bonchev–Trinajstić information content (AvgIpc) is 3.29. The van der Waals surface area contributed by atoms with Gasteiger partial charge in [0.2, 0.25) is 5.89 Å². The number of rotatable bonds is 5. The number of hydrogen-bond donors (Lipinski definition) is 0. The van der Waals surface area contributed by atoms with E-state index in [-0.39, 0.29) is 11.9 Å². The molecule has 0 spiro atoms. The zero-order valence-corrected chi connectivity index (χ0v) is 14.4. The lowest BCUT2D eigenvalue weighted by Gasteiger charge is -2.30. The molecule has 0 saturated carbocycles. The number of benzene rings is 1. The molecule has 0 amide bonds. The fourth-order valence-corrected chi connectivity index (χ4v) is 3.45. The molecule has 0 aliphatic carbocycles. The van der Waals surface area contributed by atoms with Crippen LogP contribution in [0.5, 0.6) is 0 Å². The quantitative estimate of drug-likeness (QED) is 0.698. The number of oxazole rings is 1. The van der Waals surface area contributed by atoms with Gasteiger partial charge in [0.15, 0.2) is 0 Å². The van der Waals surface area contributed by atoms with E-state index in [9.17, 15) is 4.39 Å². The Morgan fingerprint density at radius 2 is 2.12 bits per heavy atom. The summed E-state index contributed by atoms with van der Waals surface area (Å²) in [4.78, 5) is 11.0. The van der Waals surface area contributed by atoms with Gasteiger partial charge in [-0.25, -0.2) is 14.4 Å². The molecule has 4 rings (SSSR count). The van der Waals surface area contributed by atoms with Crippen LogP contribution in [0.25, 0.3) is 0 Å². The zero-order chi connectivity index (χ0) is 17.1. The second kappa shape index (κ2) is 7.43. The van der Waals surface area contributed by atoms with Crippen LogP contribution in [0.3, 0.4) is 0 Å². The van der Waals surface area contributed by atoms with Crippen LogP contribution in [0.2, 0.25) is 0 Å². The Labute approximate surface area is 149 Å². The van der Waals surface area contributed by atoms with Gasteiger partial charge in [-0.1, -0.05) is 12.1 Å². The van der Waals surface area contributed by atoms with Crippen LogP contribution in [0, 0.1) is 5.82 Å². The van der Waals surface area contributed by atoms with Gasteiger partial charge in [0.05, 0.1) is 24.0 Å². The minimum Gasteiger partial charge on any atom is -0.442 e. The van der Waals surface area contributed by atoms with E-state index in [4.69, 9.17) is 9.15 Å². The lowest BCUT2D eigenvalue weighted by atomic mass is 10.1. The van der Waals surface area contributed by atoms with Crippen molar-refractivity contribution in [3.63, 3.8) is 0 Å². The Balaban J connectivity index is 1.39. The first-order chi connectivity index (χ1) is 12.3. The van der Waals surface area contributed by atoms with Crippen molar-refractivity contribution in [3.8, 4) is 0 Å². The van der Waals surface area contributed by atoms with Gasteiger partial charge in [0.1, 0.15) is 17.7 Å². The van der Waals surface area contributed by atoms with Gasteiger partial charge in [0, 0.05) is 31.4 Å². The molecule has 25 heavy (non-hydrogen) atoms. The van der Waals surface area contributed by atoms with Crippen LogP contribution in [-0.4, -0.2) is 34.6 Å². The number of morpholine rings is 1. The Kier molecular flexibility index (Phi) is 4.87. The van der Waals surface area contributed by atoms with Crippen LogP contribution in [0.1, 0.15) is 29.0 Å². The summed E-state index contributed by atoms with van der Waals surface area (Å²) in [6.07, 6.45) is 2.14. The maximum Gasteiger partial charge on any atom is 0.224 e. The van der Waals surface area contributed by atoms with Crippen LogP contribution in [0.15, 0.2) is 45.8 Å². The van der Waals surface area contributed by atoms with Crippen LogP contribution >= 0.6 is 11.3 Å². The second-order valence-electron chi connectivity index (χ2n) is 6.04. The minimum absolute atomic E-state index is 0.172. The van der Waals surface area contributed by atoms with Crippen molar-refractivity contribution in [1.29, 1.82) is 0 Å². The van der Waals surface area contributed by atoms with Crippen molar-refractivity contribution in [2.24, 2.45) is 0 Å². The third-order valence-corrected chi connectivity index (χ3v) is 4.79. The van der Waals surface area contributed by atoms with Gasteiger partial charge in [0.25, 0.3) is 0 Å². The molecule has 1 atom stereocenters. The summed E-state index contributed by atoms with van der Waals surface area (Å²) in [6, 6.07) is 6.41. The van der Waals surface area contributed by atoms with E-state index in [2.05, 4.69) is 20.2 Å². The zero-order valence-electron chi connectivity index (χ0n) is 13.6. The maximum absolute atomic E-state index is 13.0. The first-order valence-corrected chi connectivity index (χ1v) is 9.10. The van der Waals surface area contributed by atoms with E-state index in [1.165, 1.54) is 12.1 Å². The summed E-state index contributed by atoms with van der Waals surface area (Å²) in [7, 11) is 0. The van der Waals surface area contributed by atoms with E-state index in [1.54, 1.807) is 29.7 Å². The van der Waals surface area contributed by atoms with Gasteiger partial charge >= 0.3 is 0 Å². The summed E-state index contributed by atoms with van der Waals surface area (Å²) >= 11 is 1.61. The van der Waals surface area contributed by atoms with E-state index >= 15 is 0 Å². The summed E-state index contributed by atoms with van der Waals surface area (Å²) in [5.41, 5.74) is 3.91. The summed E-state index contributed by atoms with van der Waals surface area (Å²) in [6.45, 7) is 3.06. The summed E-state index contributed by atoms with van der Waals surface area (Å²) in [5.74, 6) is 1.11. The van der Waals surface area contributed by atoms with E-state index in [1.807, 2.05) is 5.51 Å². The molecule has 1 saturated heterocycles. The van der Waals surface area contributed by atoms with Gasteiger partial charge in [-0.3, -0.25) is 4.90 Å². The number of thiazole rings is 1. The third-order valence-electron chi connectivity index (χ3n) is 4.16. The Morgan fingerprint density at radius 3 is 2.92 bits per heavy atom. The molecule has 1 aromatic carbocycles. The highest BCUT2D eigenvalue weighted by atomic mass is 32.1. The molecule has 7 heteroatoms. The fraction of sp³-hybridized carbons (Fsp3) is 0.333. The first-order valence-electron chi connectivity index (χ1n) is 8.16. The van der Waals surface area contributed by atoms with Crippen molar-refractivity contribution in [1.82, 2.24) is 14.9 Å². The average molecular weight is 359 g/mol. The smallest absolute Gasteiger partial charge is 0.224 e. The summed E-state index contributed by atoms with van der Waals surface area (Å²) in [5, 5.41) is 2.07. The molecule has 1 aliphatic heterocycles. The van der Waals surface area contributed by atoms with Gasteiger partial charge < -0.3 is 9.15 Å². The molecular formula is C18H18FN3O2S. The second-order valence-corrected chi connectivity index (χ2v) is 6.76. The van der Waals surface area contributed by atoms with Crippen molar-refractivity contribution in [2.75, 3.05) is 19.7 Å². The molecule has 0 unspecified atom stereocenters. The molecule has 1 fully saturated rings. The lowest BCUT2D eigenvalue weighted by Crippen LogP contribution is -2.38. The maximum atomic E-state index is 13.0. The highest BCUT2D eigenvalue weighted by molar-refractivity contribution is 7.07. The Morgan fingerprint density at radius 1 is 1.24 bits per heavy atom. The van der Waals surface area contributed by atoms with Crippen LogP contribution < -0.4 is 0 Å². The highest BCUT2D eigenvalue weighted by Gasteiger charge is 2.26. The lowest BCUT2D eigenvalue weighted by molar-refractivity contribution is -0.0459. The van der Waals surface area contributed by atoms with Crippen LogP contribution in [0.4, 0.5) is 4.39 Å². The standard InChI is InChI=1S/C18H18FN3O2S/c19-14-3-1-13(2-4-14)7-16-8-20-18(24-16)17-10-22(5-6-23-17)9-15-11-25-12-21-15/h1-4,8,11-12,17H,5-7,9-10H2/t17-/m1/s1. The van der Waals surface area contributed by atoms with E-state index < -0.39 is 0 Å². The first kappa shape index (κ1) is 16.4. The van der Waals surface area contributed by atoms with Crippen molar-refractivity contribution < 1.29 is 13.5 Å². The molecule has 3 aromatic rings. The normalized spacial score (nSPS) is 18.5. The number of aromatic nitrogens is 2. The Bertz CT molecular complexity index is 804. The molecule has 3 heterocycles. The minimum atomic E-state index is -0.238. The van der Waals surface area contributed by atoms with E-state index in [0.29, 0.717) is 18.9 Å². The largest absolute Gasteiger partial charge is 0.442 e. The molecule has 5 nitrogen and oxygen atoms in total. The third kappa shape index (κ3) is 4.12. The van der Waals surface area contributed by atoms with Crippen molar-refractivity contribution >= 4 is 11.3 Å². The monoisotopic (exact) mass is 359 g/mol. The molecule has 1 aliphatic rings. The molecule has 0 bridgehead atoms. The number of ether oxygens (including phenoxy) is 1. The number of hydrogen-bond acceptors (Lipinski definition) is 6.